The molecular weight excluding hydrogens is 448 g/mol. The number of nitrogens with one attached hydrogen (secondary N) is 1. The van der Waals surface area contributed by atoms with E-state index in [4.69, 9.17) is 0 Å². The number of alkyl halides is 2. The van der Waals surface area contributed by atoms with E-state index in [0.717, 1.165) is 22.3 Å². The summed E-state index contributed by atoms with van der Waals surface area (Å²) >= 11 is 0. The molecule has 1 aliphatic heterocycles. The third-order valence-electron chi connectivity index (χ3n) is 6.18. The molecule has 1 aliphatic carbocycles. The number of nitrogens with zero attached hydrogens (tertiary/aromatic N) is 4. The minimum Gasteiger partial charge on any atom is -0.494 e. The summed E-state index contributed by atoms with van der Waals surface area (Å²) in [5.74, 6) is -1.63. The van der Waals surface area contributed by atoms with Crippen LogP contribution in [0.5, 0.6) is 5.88 Å². The normalized spacial score (nSPS) is 18.7. The predicted octanol–water partition coefficient (Wildman–Crippen LogP) is 2.33. The number of rotatable bonds is 7. The number of carbonyl (C=O) groups excluding carboxylic acids is 2. The molecular formula is C23H29F2N5O4. The van der Waals surface area contributed by atoms with E-state index in [9.17, 15) is 28.3 Å². The number of aryl methyl sites for hydroxylation is 1. The summed E-state index contributed by atoms with van der Waals surface area (Å²) in [5.41, 5.74) is -0.136. The first-order valence-corrected chi connectivity index (χ1v) is 11.5. The molecule has 34 heavy (non-hydrogen) atoms. The van der Waals surface area contributed by atoms with Crippen LogP contribution >= 0.6 is 0 Å². The monoisotopic (exact) mass is 477 g/mol. The van der Waals surface area contributed by atoms with Gasteiger partial charge in [-0.15, -0.1) is 0 Å². The van der Waals surface area contributed by atoms with Crippen molar-refractivity contribution >= 4 is 23.5 Å². The highest BCUT2D eigenvalue weighted by Gasteiger charge is 2.34. The van der Waals surface area contributed by atoms with Gasteiger partial charge >= 0.3 is 0 Å². The predicted molar refractivity (Wildman–Crippen MR) is 121 cm³/mol. The molecule has 2 aromatic heterocycles. The third kappa shape index (κ3) is 4.43. The van der Waals surface area contributed by atoms with Crippen LogP contribution in [-0.4, -0.2) is 61.1 Å². The van der Waals surface area contributed by atoms with Gasteiger partial charge in [-0.25, -0.2) is 8.78 Å². The summed E-state index contributed by atoms with van der Waals surface area (Å²) < 4.78 is 29.0. The van der Waals surface area contributed by atoms with Crippen LogP contribution in [0.2, 0.25) is 0 Å². The van der Waals surface area contributed by atoms with Gasteiger partial charge in [0.2, 0.25) is 11.8 Å². The first-order valence-electron chi connectivity index (χ1n) is 11.5. The Bertz CT molecular complexity index is 1210. The largest absolute Gasteiger partial charge is 0.494 e. The molecule has 0 radical (unpaired) electrons. The molecule has 0 aromatic carbocycles. The van der Waals surface area contributed by atoms with Crippen molar-refractivity contribution in [2.24, 2.45) is 5.92 Å². The molecule has 3 heterocycles. The van der Waals surface area contributed by atoms with Crippen molar-refractivity contribution in [1.82, 2.24) is 24.4 Å². The minimum absolute atomic E-state index is 0.00735. The van der Waals surface area contributed by atoms with E-state index < -0.39 is 35.7 Å². The van der Waals surface area contributed by atoms with Gasteiger partial charge in [0.15, 0.2) is 5.56 Å². The van der Waals surface area contributed by atoms with Crippen molar-refractivity contribution in [3.63, 3.8) is 0 Å². The first kappa shape index (κ1) is 23.9. The van der Waals surface area contributed by atoms with Gasteiger partial charge in [0, 0.05) is 30.8 Å². The summed E-state index contributed by atoms with van der Waals surface area (Å²) in [5, 5.41) is 18.0. The van der Waals surface area contributed by atoms with E-state index in [1.54, 1.807) is 6.92 Å². The molecule has 9 nitrogen and oxygen atoms in total. The fourth-order valence-electron chi connectivity index (χ4n) is 4.36. The molecule has 4 rings (SSSR count). The molecule has 1 saturated carbocycles. The maximum atomic E-state index is 13.3. The summed E-state index contributed by atoms with van der Waals surface area (Å²) in [6.45, 7) is 5.99. The molecule has 2 amide bonds. The maximum absolute atomic E-state index is 13.3. The lowest BCUT2D eigenvalue weighted by molar-refractivity contribution is -0.129. The zero-order valence-electron chi connectivity index (χ0n) is 19.4. The summed E-state index contributed by atoms with van der Waals surface area (Å²) in [7, 11) is 0. The maximum Gasteiger partial charge on any atom is 0.291 e. The lowest BCUT2D eigenvalue weighted by Crippen LogP contribution is -2.38. The zero-order valence-corrected chi connectivity index (χ0v) is 19.4. The van der Waals surface area contributed by atoms with Crippen molar-refractivity contribution in [3.05, 3.63) is 33.3 Å². The molecule has 2 aromatic rings. The van der Waals surface area contributed by atoms with Crippen molar-refractivity contribution < 1.29 is 23.5 Å². The highest BCUT2D eigenvalue weighted by Crippen LogP contribution is 2.27. The van der Waals surface area contributed by atoms with Crippen LogP contribution in [0.25, 0.3) is 11.7 Å². The third-order valence-corrected chi connectivity index (χ3v) is 6.18. The fourth-order valence-corrected chi connectivity index (χ4v) is 4.36. The molecule has 2 aliphatic rings. The Morgan fingerprint density at radius 3 is 2.59 bits per heavy atom. The van der Waals surface area contributed by atoms with Crippen LogP contribution in [0, 0.1) is 12.8 Å². The van der Waals surface area contributed by atoms with E-state index >= 15 is 0 Å². The Morgan fingerprint density at radius 2 is 1.97 bits per heavy atom. The minimum atomic E-state index is -2.62. The van der Waals surface area contributed by atoms with Gasteiger partial charge in [-0.2, -0.15) is 9.61 Å². The van der Waals surface area contributed by atoms with Crippen LogP contribution in [0.1, 0.15) is 61.1 Å². The van der Waals surface area contributed by atoms with Gasteiger partial charge in [0.05, 0.1) is 11.7 Å². The molecule has 1 unspecified atom stereocenters. The van der Waals surface area contributed by atoms with E-state index in [-0.39, 0.29) is 42.7 Å². The molecule has 11 heteroatoms. The van der Waals surface area contributed by atoms with Crippen LogP contribution in [-0.2, 0) is 11.3 Å². The first-order chi connectivity index (χ1) is 16.1. The number of halogens is 2. The van der Waals surface area contributed by atoms with Gasteiger partial charge in [-0.05, 0) is 44.6 Å². The van der Waals surface area contributed by atoms with Gasteiger partial charge in [-0.3, -0.25) is 19.0 Å². The zero-order chi connectivity index (χ0) is 24.7. The Labute approximate surface area is 195 Å². The second kappa shape index (κ2) is 9.19. The molecule has 1 saturated heterocycles. The lowest BCUT2D eigenvalue weighted by atomic mass is 10.1. The Morgan fingerprint density at radius 1 is 1.26 bits per heavy atom. The van der Waals surface area contributed by atoms with Crippen molar-refractivity contribution in [2.45, 2.75) is 71.5 Å². The highest BCUT2D eigenvalue weighted by molar-refractivity contribution is 5.97. The van der Waals surface area contributed by atoms with Gasteiger partial charge in [0.25, 0.3) is 17.9 Å². The van der Waals surface area contributed by atoms with Gasteiger partial charge in [0.1, 0.15) is 5.65 Å². The second-order valence-corrected chi connectivity index (χ2v) is 9.40. The second-order valence-electron chi connectivity index (χ2n) is 9.40. The van der Waals surface area contributed by atoms with E-state index in [1.165, 1.54) is 16.7 Å². The molecule has 2 fully saturated rings. The highest BCUT2D eigenvalue weighted by atomic mass is 19.3. The number of fused-ring (bicyclic) bond motifs is 1. The molecule has 184 valence electrons. The van der Waals surface area contributed by atoms with E-state index in [1.807, 2.05) is 13.8 Å². The Balaban J connectivity index is 1.79. The lowest BCUT2D eigenvalue weighted by Gasteiger charge is -2.22. The van der Waals surface area contributed by atoms with E-state index in [0.29, 0.717) is 17.7 Å². The van der Waals surface area contributed by atoms with E-state index in [2.05, 4.69) is 10.4 Å². The average Bonchev–Trinajstić information content (AvgIpc) is 3.31. The smallest absolute Gasteiger partial charge is 0.291 e. The number of aromatic hydroxyl groups is 1. The van der Waals surface area contributed by atoms with Crippen LogP contribution in [0.15, 0.2) is 10.9 Å². The number of amides is 2. The Kier molecular flexibility index (Phi) is 6.46. The van der Waals surface area contributed by atoms with Crippen LogP contribution in [0.4, 0.5) is 8.78 Å². The topological polar surface area (TPSA) is 109 Å². The molecule has 2 N–H and O–H groups in total. The number of hydrogen-bond donors (Lipinski definition) is 2. The standard InChI is InChI=1S/C23H29F2N5O4/c1-12(2)11-29-21-15(8-9-17(31)28-10-4-5-16(28)19(24)25)13(3)27-30(21)23(34)18(22(29)33)20(32)26-14-6-7-14/h8-9,12,14,16,19,33H,4-7,10-11H2,1-3H3,(H,26,32). The summed E-state index contributed by atoms with van der Waals surface area (Å²) in [6.07, 6.45) is 2.41. The van der Waals surface area contributed by atoms with Crippen molar-refractivity contribution in [2.75, 3.05) is 6.54 Å². The fraction of sp³-hybridized carbons (Fsp3) is 0.565. The average molecular weight is 478 g/mol. The summed E-state index contributed by atoms with van der Waals surface area (Å²) in [6, 6.07) is -1.12. The van der Waals surface area contributed by atoms with Crippen LogP contribution in [0.3, 0.4) is 0 Å². The van der Waals surface area contributed by atoms with Crippen LogP contribution < -0.4 is 10.9 Å². The van der Waals surface area contributed by atoms with Crippen molar-refractivity contribution in [1.29, 1.82) is 0 Å². The summed E-state index contributed by atoms with van der Waals surface area (Å²) in [4.78, 5) is 39.7. The molecule has 0 spiro atoms. The van der Waals surface area contributed by atoms with Crippen molar-refractivity contribution in [3.8, 4) is 5.88 Å². The number of aromatic nitrogens is 3. The van der Waals surface area contributed by atoms with Gasteiger partial charge in [-0.1, -0.05) is 13.8 Å². The number of carbonyl (C=O) groups is 2. The molecule has 1 atom stereocenters. The Hall–Kier alpha value is -3.24. The quantitative estimate of drug-likeness (QED) is 0.595. The van der Waals surface area contributed by atoms with Gasteiger partial charge < -0.3 is 15.3 Å². The number of hydrogen-bond acceptors (Lipinski definition) is 5. The SMILES string of the molecule is Cc1nn2c(=O)c(C(=O)NC3CC3)c(O)n(CC(C)C)c2c1C=CC(=O)N1CCCC1C(F)F. The number of likely N-dealkylation sites (tertiary alicyclic amines) is 1. The molecule has 0 bridgehead atoms.